The SMILES string of the molecule is O=C(NC1(C(=O)O)CC1)c1cncc(-c2ccc3c(c2)CCO3)c1. The molecule has 0 spiro atoms. The third kappa shape index (κ3) is 2.50. The van der Waals surface area contributed by atoms with E-state index in [1.54, 1.807) is 12.3 Å². The molecular formula is C18H16N2O4. The van der Waals surface area contributed by atoms with Crippen molar-refractivity contribution < 1.29 is 19.4 Å². The second-order valence-electron chi connectivity index (χ2n) is 6.22. The molecule has 2 aromatic rings. The van der Waals surface area contributed by atoms with E-state index in [4.69, 9.17) is 4.74 Å². The monoisotopic (exact) mass is 324 g/mol. The number of aromatic nitrogens is 1. The molecule has 6 nitrogen and oxygen atoms in total. The summed E-state index contributed by atoms with van der Waals surface area (Å²) >= 11 is 0. The minimum absolute atomic E-state index is 0.358. The molecule has 0 bridgehead atoms. The molecule has 6 heteroatoms. The van der Waals surface area contributed by atoms with E-state index in [9.17, 15) is 14.7 Å². The Morgan fingerprint density at radius 1 is 1.17 bits per heavy atom. The molecule has 0 atom stereocenters. The van der Waals surface area contributed by atoms with Gasteiger partial charge in [-0.05, 0) is 42.2 Å². The zero-order valence-electron chi connectivity index (χ0n) is 12.9. The molecule has 1 amide bonds. The van der Waals surface area contributed by atoms with Crippen molar-refractivity contribution >= 4 is 11.9 Å². The molecule has 0 unspecified atom stereocenters. The number of carbonyl (C=O) groups excluding carboxylic acids is 1. The van der Waals surface area contributed by atoms with Crippen molar-refractivity contribution in [2.24, 2.45) is 0 Å². The Labute approximate surface area is 138 Å². The zero-order chi connectivity index (χ0) is 16.7. The fourth-order valence-electron chi connectivity index (χ4n) is 2.89. The van der Waals surface area contributed by atoms with Crippen LogP contribution in [0.3, 0.4) is 0 Å². The highest BCUT2D eigenvalue weighted by molar-refractivity contribution is 5.99. The Kier molecular flexibility index (Phi) is 3.26. The average Bonchev–Trinajstić information content (AvgIpc) is 3.22. The summed E-state index contributed by atoms with van der Waals surface area (Å²) in [5.41, 5.74) is 2.18. The van der Waals surface area contributed by atoms with Crippen LogP contribution in [0, 0.1) is 0 Å². The highest BCUT2D eigenvalue weighted by Gasteiger charge is 2.51. The van der Waals surface area contributed by atoms with Crippen LogP contribution < -0.4 is 10.1 Å². The maximum absolute atomic E-state index is 12.3. The summed E-state index contributed by atoms with van der Waals surface area (Å²) in [5.74, 6) is -0.495. The van der Waals surface area contributed by atoms with Gasteiger partial charge in [-0.15, -0.1) is 0 Å². The van der Waals surface area contributed by atoms with Gasteiger partial charge < -0.3 is 15.2 Å². The number of nitrogens with one attached hydrogen (secondary N) is 1. The van der Waals surface area contributed by atoms with Gasteiger partial charge in [0.1, 0.15) is 11.3 Å². The van der Waals surface area contributed by atoms with E-state index in [2.05, 4.69) is 10.3 Å². The van der Waals surface area contributed by atoms with Crippen molar-refractivity contribution in [2.75, 3.05) is 6.61 Å². The summed E-state index contributed by atoms with van der Waals surface area (Å²) in [6.45, 7) is 0.691. The molecule has 24 heavy (non-hydrogen) atoms. The van der Waals surface area contributed by atoms with Gasteiger partial charge >= 0.3 is 5.97 Å². The van der Waals surface area contributed by atoms with Crippen LogP contribution in [0.25, 0.3) is 11.1 Å². The molecule has 122 valence electrons. The minimum Gasteiger partial charge on any atom is -0.493 e. The van der Waals surface area contributed by atoms with Crippen molar-refractivity contribution in [1.29, 1.82) is 0 Å². The number of amides is 1. The lowest BCUT2D eigenvalue weighted by Crippen LogP contribution is -2.43. The number of carboxylic acid groups (broad SMARTS) is 1. The summed E-state index contributed by atoms with van der Waals surface area (Å²) in [6, 6.07) is 7.63. The predicted octanol–water partition coefficient (Wildman–Crippen LogP) is 2.03. The molecule has 2 aliphatic rings. The van der Waals surface area contributed by atoms with Crippen molar-refractivity contribution in [3.8, 4) is 16.9 Å². The Hall–Kier alpha value is -2.89. The lowest BCUT2D eigenvalue weighted by atomic mass is 10.0. The van der Waals surface area contributed by atoms with Crippen LogP contribution in [0.1, 0.15) is 28.8 Å². The van der Waals surface area contributed by atoms with Crippen molar-refractivity contribution in [3.63, 3.8) is 0 Å². The number of aliphatic carboxylic acids is 1. The molecular weight excluding hydrogens is 308 g/mol. The van der Waals surface area contributed by atoms with Gasteiger partial charge in [-0.25, -0.2) is 4.79 Å². The van der Waals surface area contributed by atoms with Crippen LogP contribution in [0.2, 0.25) is 0 Å². The first-order valence-corrected chi connectivity index (χ1v) is 7.84. The van der Waals surface area contributed by atoms with Crippen molar-refractivity contribution in [1.82, 2.24) is 10.3 Å². The first kappa shape index (κ1) is 14.7. The van der Waals surface area contributed by atoms with Crippen molar-refractivity contribution in [3.05, 3.63) is 47.8 Å². The van der Waals surface area contributed by atoms with Gasteiger partial charge in [-0.3, -0.25) is 9.78 Å². The second-order valence-corrected chi connectivity index (χ2v) is 6.22. The summed E-state index contributed by atoms with van der Waals surface area (Å²) < 4.78 is 5.50. The first-order chi connectivity index (χ1) is 11.6. The number of fused-ring (bicyclic) bond motifs is 1. The summed E-state index contributed by atoms with van der Waals surface area (Å²) in [5, 5.41) is 11.8. The third-order valence-electron chi connectivity index (χ3n) is 4.54. The fraction of sp³-hybridized carbons (Fsp3) is 0.278. The van der Waals surface area contributed by atoms with E-state index >= 15 is 0 Å². The van der Waals surface area contributed by atoms with Gasteiger partial charge in [0.05, 0.1) is 12.2 Å². The lowest BCUT2D eigenvalue weighted by Gasteiger charge is -2.13. The van der Waals surface area contributed by atoms with Gasteiger partial charge in [0.15, 0.2) is 0 Å². The number of pyridine rings is 1. The number of benzene rings is 1. The van der Waals surface area contributed by atoms with E-state index in [1.165, 1.54) is 6.20 Å². The number of ether oxygens (including phenoxy) is 1. The Morgan fingerprint density at radius 2 is 2.00 bits per heavy atom. The van der Waals surface area contributed by atoms with Crippen LogP contribution in [-0.2, 0) is 11.2 Å². The zero-order valence-corrected chi connectivity index (χ0v) is 12.9. The average molecular weight is 324 g/mol. The van der Waals surface area contributed by atoms with E-state index in [0.717, 1.165) is 28.9 Å². The molecule has 2 heterocycles. The second kappa shape index (κ2) is 5.33. The molecule has 1 aromatic carbocycles. The molecule has 0 saturated heterocycles. The summed E-state index contributed by atoms with van der Waals surface area (Å²) in [4.78, 5) is 27.7. The van der Waals surface area contributed by atoms with Crippen LogP contribution in [0.5, 0.6) is 5.75 Å². The highest BCUT2D eigenvalue weighted by Crippen LogP contribution is 2.36. The van der Waals surface area contributed by atoms with Gasteiger partial charge in [-0.2, -0.15) is 0 Å². The Balaban J connectivity index is 1.60. The molecule has 1 fully saturated rings. The largest absolute Gasteiger partial charge is 0.493 e. The number of nitrogens with zero attached hydrogens (tertiary/aromatic N) is 1. The van der Waals surface area contributed by atoms with Crippen LogP contribution >= 0.6 is 0 Å². The number of rotatable bonds is 4. The summed E-state index contributed by atoms with van der Waals surface area (Å²) in [6.07, 6.45) is 4.95. The molecule has 4 rings (SSSR count). The topological polar surface area (TPSA) is 88.5 Å². The van der Waals surface area contributed by atoms with E-state index in [-0.39, 0.29) is 0 Å². The van der Waals surface area contributed by atoms with Crippen LogP contribution in [0.15, 0.2) is 36.7 Å². The van der Waals surface area contributed by atoms with E-state index < -0.39 is 17.4 Å². The molecule has 1 aliphatic heterocycles. The smallest absolute Gasteiger partial charge is 0.329 e. The van der Waals surface area contributed by atoms with Gasteiger partial charge in [0.2, 0.25) is 0 Å². The van der Waals surface area contributed by atoms with E-state index in [1.807, 2.05) is 18.2 Å². The van der Waals surface area contributed by atoms with Crippen LogP contribution in [-0.4, -0.2) is 34.1 Å². The highest BCUT2D eigenvalue weighted by atomic mass is 16.5. The van der Waals surface area contributed by atoms with Gasteiger partial charge in [-0.1, -0.05) is 6.07 Å². The lowest BCUT2D eigenvalue weighted by molar-refractivity contribution is -0.140. The number of hydrogen-bond donors (Lipinski definition) is 2. The fourth-order valence-corrected chi connectivity index (χ4v) is 2.89. The summed E-state index contributed by atoms with van der Waals surface area (Å²) in [7, 11) is 0. The standard InChI is InChI=1S/C18H16N2O4/c21-16(20-18(4-5-18)17(22)23)14-8-13(9-19-10-14)11-1-2-15-12(7-11)3-6-24-15/h1-2,7-10H,3-6H2,(H,20,21)(H,22,23). The van der Waals surface area contributed by atoms with Gasteiger partial charge in [0.25, 0.3) is 5.91 Å². The molecule has 1 aliphatic carbocycles. The van der Waals surface area contributed by atoms with Crippen LogP contribution in [0.4, 0.5) is 0 Å². The number of carboxylic acids is 1. The number of carbonyl (C=O) groups is 2. The minimum atomic E-state index is -1.10. The maximum atomic E-state index is 12.3. The maximum Gasteiger partial charge on any atom is 0.329 e. The Morgan fingerprint density at radius 3 is 2.75 bits per heavy atom. The molecule has 1 aromatic heterocycles. The first-order valence-electron chi connectivity index (χ1n) is 7.84. The molecule has 2 N–H and O–H groups in total. The Bertz CT molecular complexity index is 843. The van der Waals surface area contributed by atoms with Gasteiger partial charge in [0, 0.05) is 24.4 Å². The predicted molar refractivity (Wildman–Crippen MR) is 85.9 cm³/mol. The quantitative estimate of drug-likeness (QED) is 0.898. The van der Waals surface area contributed by atoms with Crippen molar-refractivity contribution in [2.45, 2.75) is 24.8 Å². The number of hydrogen-bond acceptors (Lipinski definition) is 4. The molecule has 0 radical (unpaired) electrons. The third-order valence-corrected chi connectivity index (χ3v) is 4.54. The normalized spacial score (nSPS) is 16.8. The van der Waals surface area contributed by atoms with E-state index in [0.29, 0.717) is 25.0 Å². The molecule has 1 saturated carbocycles.